The first-order chi connectivity index (χ1) is 9.62. The lowest BCUT2D eigenvalue weighted by Gasteiger charge is -2.35. The van der Waals surface area contributed by atoms with E-state index < -0.39 is 0 Å². The first-order valence-electron chi connectivity index (χ1n) is 7.08. The van der Waals surface area contributed by atoms with Crippen LogP contribution in [0, 0.1) is 0 Å². The van der Waals surface area contributed by atoms with Crippen LogP contribution in [0.4, 0.5) is 5.69 Å². The molecule has 1 amide bonds. The summed E-state index contributed by atoms with van der Waals surface area (Å²) in [6, 6.07) is 5.29. The molecule has 0 aromatic heterocycles. The highest BCUT2D eigenvalue weighted by molar-refractivity contribution is 5.95. The van der Waals surface area contributed by atoms with E-state index in [4.69, 9.17) is 15.2 Å². The molecule has 0 bridgehead atoms. The molecule has 20 heavy (non-hydrogen) atoms. The zero-order chi connectivity index (χ0) is 14.5. The van der Waals surface area contributed by atoms with E-state index in [-0.39, 0.29) is 18.1 Å². The monoisotopic (exact) mass is 278 g/mol. The Labute approximate surface area is 119 Å². The number of hydrogen-bond donors (Lipinski definition) is 2. The predicted octanol–water partition coefficient (Wildman–Crippen LogP) is 1.96. The first kappa shape index (κ1) is 14.7. The number of amides is 1. The van der Waals surface area contributed by atoms with Crippen molar-refractivity contribution in [3.8, 4) is 5.75 Å². The van der Waals surface area contributed by atoms with Gasteiger partial charge in [0.25, 0.3) is 5.91 Å². The maximum absolute atomic E-state index is 12.2. The number of benzene rings is 1. The number of carbonyl (C=O) groups excluding carboxylic acids is 1. The molecule has 1 fully saturated rings. The van der Waals surface area contributed by atoms with Gasteiger partial charge in [-0.15, -0.1) is 0 Å². The third-order valence-electron chi connectivity index (χ3n) is 3.33. The van der Waals surface area contributed by atoms with Gasteiger partial charge < -0.3 is 20.5 Å². The molecule has 1 aliphatic carbocycles. The normalized spacial score (nSPS) is 21.1. The van der Waals surface area contributed by atoms with Gasteiger partial charge >= 0.3 is 0 Å². The molecule has 110 valence electrons. The zero-order valence-corrected chi connectivity index (χ0v) is 12.0. The number of nitrogens with one attached hydrogen (secondary N) is 1. The van der Waals surface area contributed by atoms with Crippen LogP contribution in [0.15, 0.2) is 18.2 Å². The lowest BCUT2D eigenvalue weighted by Crippen LogP contribution is -2.47. The smallest absolute Gasteiger partial charge is 0.251 e. The van der Waals surface area contributed by atoms with Crippen LogP contribution >= 0.6 is 0 Å². The molecule has 1 saturated carbocycles. The lowest BCUT2D eigenvalue weighted by molar-refractivity contribution is -0.00863. The van der Waals surface area contributed by atoms with Gasteiger partial charge in [-0.2, -0.15) is 0 Å². The lowest BCUT2D eigenvalue weighted by atomic mass is 9.89. The minimum atomic E-state index is -0.113. The van der Waals surface area contributed by atoms with Crippen molar-refractivity contribution >= 4 is 11.6 Å². The molecule has 0 saturated heterocycles. The summed E-state index contributed by atoms with van der Waals surface area (Å²) in [7, 11) is 0. The van der Waals surface area contributed by atoms with Crippen LogP contribution < -0.4 is 15.8 Å². The number of anilines is 1. The summed E-state index contributed by atoms with van der Waals surface area (Å²) >= 11 is 0. The quantitative estimate of drug-likeness (QED) is 0.780. The van der Waals surface area contributed by atoms with Crippen molar-refractivity contribution in [3.63, 3.8) is 0 Å². The van der Waals surface area contributed by atoms with E-state index in [0.29, 0.717) is 23.6 Å². The molecule has 0 heterocycles. The maximum Gasteiger partial charge on any atom is 0.251 e. The summed E-state index contributed by atoms with van der Waals surface area (Å²) in [6.07, 6.45) is 2.03. The van der Waals surface area contributed by atoms with Crippen molar-refractivity contribution in [2.24, 2.45) is 0 Å². The molecule has 2 rings (SSSR count). The minimum absolute atomic E-state index is 0.113. The van der Waals surface area contributed by atoms with Crippen molar-refractivity contribution in [3.05, 3.63) is 23.8 Å². The van der Waals surface area contributed by atoms with Crippen LogP contribution in [0.25, 0.3) is 0 Å². The number of hydrogen-bond acceptors (Lipinski definition) is 4. The molecular weight excluding hydrogens is 256 g/mol. The molecular formula is C15H22N2O3. The largest absolute Gasteiger partial charge is 0.494 e. The first-order valence-corrected chi connectivity index (χ1v) is 7.08. The Balaban J connectivity index is 1.92. The zero-order valence-electron chi connectivity index (χ0n) is 12.0. The van der Waals surface area contributed by atoms with Crippen molar-refractivity contribution in [1.29, 1.82) is 0 Å². The van der Waals surface area contributed by atoms with E-state index in [2.05, 4.69) is 5.32 Å². The highest BCUT2D eigenvalue weighted by Gasteiger charge is 2.30. The summed E-state index contributed by atoms with van der Waals surface area (Å²) < 4.78 is 10.9. The molecule has 0 atom stereocenters. The third kappa shape index (κ3) is 3.63. The summed E-state index contributed by atoms with van der Waals surface area (Å²) in [5, 5.41) is 2.99. The van der Waals surface area contributed by atoms with Crippen molar-refractivity contribution in [2.45, 2.75) is 38.8 Å². The van der Waals surface area contributed by atoms with E-state index in [1.54, 1.807) is 18.2 Å². The van der Waals surface area contributed by atoms with E-state index in [9.17, 15) is 4.79 Å². The number of nitrogen functional groups attached to an aromatic ring is 1. The van der Waals surface area contributed by atoms with Gasteiger partial charge in [0.1, 0.15) is 5.75 Å². The van der Waals surface area contributed by atoms with Crippen LogP contribution in [0.3, 0.4) is 0 Å². The average molecular weight is 278 g/mol. The molecule has 1 aliphatic rings. The fraction of sp³-hybridized carbons (Fsp3) is 0.533. The molecule has 3 N–H and O–H groups in total. The Morgan fingerprint density at radius 1 is 1.30 bits per heavy atom. The second kappa shape index (κ2) is 6.61. The fourth-order valence-corrected chi connectivity index (χ4v) is 2.33. The number of carbonyl (C=O) groups is 1. The topological polar surface area (TPSA) is 73.6 Å². The SMILES string of the molecule is CCOc1cc(N)cc(C(=O)NC2CC(OCC)C2)c1. The Hall–Kier alpha value is -1.75. The van der Waals surface area contributed by atoms with Gasteiger partial charge in [0.15, 0.2) is 0 Å². The Kier molecular flexibility index (Phi) is 4.84. The summed E-state index contributed by atoms with van der Waals surface area (Å²) in [4.78, 5) is 12.2. The minimum Gasteiger partial charge on any atom is -0.494 e. The van der Waals surface area contributed by atoms with Crippen LogP contribution in [-0.4, -0.2) is 31.3 Å². The highest BCUT2D eigenvalue weighted by Crippen LogP contribution is 2.24. The van der Waals surface area contributed by atoms with Gasteiger partial charge in [-0.05, 0) is 38.8 Å². The van der Waals surface area contributed by atoms with Gasteiger partial charge in [0.2, 0.25) is 0 Å². The molecule has 0 radical (unpaired) electrons. The highest BCUT2D eigenvalue weighted by atomic mass is 16.5. The number of nitrogens with two attached hydrogens (primary N) is 1. The molecule has 0 aliphatic heterocycles. The van der Waals surface area contributed by atoms with E-state index in [1.165, 1.54) is 0 Å². The van der Waals surface area contributed by atoms with Crippen LogP contribution in [0.2, 0.25) is 0 Å². The van der Waals surface area contributed by atoms with Gasteiger partial charge in [-0.25, -0.2) is 0 Å². The van der Waals surface area contributed by atoms with Crippen molar-refractivity contribution in [2.75, 3.05) is 18.9 Å². The van der Waals surface area contributed by atoms with Crippen LogP contribution in [0.5, 0.6) is 5.75 Å². The predicted molar refractivity (Wildman–Crippen MR) is 77.9 cm³/mol. The van der Waals surface area contributed by atoms with Gasteiger partial charge in [-0.1, -0.05) is 0 Å². The summed E-state index contributed by atoms with van der Waals surface area (Å²) in [5.74, 6) is 0.511. The number of ether oxygens (including phenoxy) is 2. The summed E-state index contributed by atoms with van der Waals surface area (Å²) in [5.41, 5.74) is 6.85. The fourth-order valence-electron chi connectivity index (χ4n) is 2.33. The van der Waals surface area contributed by atoms with Gasteiger partial charge in [0.05, 0.1) is 12.7 Å². The van der Waals surface area contributed by atoms with E-state index in [0.717, 1.165) is 19.4 Å². The summed E-state index contributed by atoms with van der Waals surface area (Å²) in [6.45, 7) is 5.14. The molecule has 1 aromatic carbocycles. The van der Waals surface area contributed by atoms with Crippen LogP contribution in [-0.2, 0) is 4.74 Å². The van der Waals surface area contributed by atoms with E-state index >= 15 is 0 Å². The van der Waals surface area contributed by atoms with Gasteiger partial charge in [-0.3, -0.25) is 4.79 Å². The molecule has 0 spiro atoms. The Morgan fingerprint density at radius 2 is 2.05 bits per heavy atom. The second-order valence-corrected chi connectivity index (χ2v) is 4.94. The Morgan fingerprint density at radius 3 is 2.70 bits per heavy atom. The van der Waals surface area contributed by atoms with Crippen molar-refractivity contribution < 1.29 is 14.3 Å². The Bertz CT molecular complexity index is 470. The van der Waals surface area contributed by atoms with Gasteiger partial charge in [0, 0.05) is 30.0 Å². The average Bonchev–Trinajstić information content (AvgIpc) is 2.36. The van der Waals surface area contributed by atoms with Crippen LogP contribution in [0.1, 0.15) is 37.0 Å². The second-order valence-electron chi connectivity index (χ2n) is 4.94. The molecule has 0 unspecified atom stereocenters. The van der Waals surface area contributed by atoms with Crippen molar-refractivity contribution in [1.82, 2.24) is 5.32 Å². The molecule has 5 heteroatoms. The standard InChI is InChI=1S/C15H22N2O3/c1-3-19-13-6-10(5-11(16)7-13)15(18)17-12-8-14(9-12)20-4-2/h5-7,12,14H,3-4,8-9,16H2,1-2H3,(H,17,18). The molecule has 1 aromatic rings. The number of rotatable bonds is 6. The van der Waals surface area contributed by atoms with E-state index in [1.807, 2.05) is 13.8 Å². The third-order valence-corrected chi connectivity index (χ3v) is 3.33. The maximum atomic E-state index is 12.2. The molecule has 5 nitrogen and oxygen atoms in total.